The molecule has 0 aliphatic carbocycles. The third-order valence-electron chi connectivity index (χ3n) is 4.64. The Kier molecular flexibility index (Phi) is 6.01. The maximum absolute atomic E-state index is 13.1. The van der Waals surface area contributed by atoms with Gasteiger partial charge < -0.3 is 4.52 Å². The second kappa shape index (κ2) is 8.29. The SMILES string of the molecule is Cc1ccc(-c2cc(CN(CC(C)C)S(=O)(=O)c3ccccc3)no2)cc1C. The molecule has 0 saturated heterocycles. The van der Waals surface area contributed by atoms with E-state index in [0.29, 0.717) is 18.0 Å². The zero-order valence-electron chi connectivity index (χ0n) is 16.7. The lowest BCUT2D eigenvalue weighted by Crippen LogP contribution is -2.33. The summed E-state index contributed by atoms with van der Waals surface area (Å²) in [6, 6.07) is 16.4. The molecule has 0 aliphatic rings. The summed E-state index contributed by atoms with van der Waals surface area (Å²) in [4.78, 5) is 0.286. The van der Waals surface area contributed by atoms with Gasteiger partial charge in [-0.2, -0.15) is 4.31 Å². The lowest BCUT2D eigenvalue weighted by Gasteiger charge is -2.23. The van der Waals surface area contributed by atoms with Crippen LogP contribution in [0.15, 0.2) is 64.0 Å². The number of hydrogen-bond acceptors (Lipinski definition) is 4. The fraction of sp³-hybridized carbons (Fsp3) is 0.318. The van der Waals surface area contributed by atoms with Gasteiger partial charge in [0.25, 0.3) is 0 Å². The fourth-order valence-electron chi connectivity index (χ4n) is 2.99. The second-order valence-corrected chi connectivity index (χ2v) is 9.42. The van der Waals surface area contributed by atoms with Crippen molar-refractivity contribution < 1.29 is 12.9 Å². The molecule has 0 aliphatic heterocycles. The number of rotatable bonds is 7. The molecule has 0 spiro atoms. The van der Waals surface area contributed by atoms with E-state index < -0.39 is 10.0 Å². The molecular weight excluding hydrogens is 372 g/mol. The van der Waals surface area contributed by atoms with Gasteiger partial charge in [0.1, 0.15) is 0 Å². The minimum Gasteiger partial charge on any atom is -0.356 e. The van der Waals surface area contributed by atoms with Crippen LogP contribution in [-0.4, -0.2) is 24.4 Å². The molecule has 0 radical (unpaired) electrons. The molecule has 5 nitrogen and oxygen atoms in total. The van der Waals surface area contributed by atoms with Gasteiger partial charge in [0.05, 0.1) is 17.1 Å². The Bertz CT molecular complexity index is 1040. The third kappa shape index (κ3) is 4.51. The molecular formula is C22H26N2O3S. The van der Waals surface area contributed by atoms with E-state index in [1.54, 1.807) is 30.3 Å². The van der Waals surface area contributed by atoms with Crippen molar-refractivity contribution in [3.8, 4) is 11.3 Å². The molecule has 0 atom stereocenters. The van der Waals surface area contributed by atoms with Crippen LogP contribution in [-0.2, 0) is 16.6 Å². The molecule has 148 valence electrons. The Morgan fingerprint density at radius 3 is 2.36 bits per heavy atom. The summed E-state index contributed by atoms with van der Waals surface area (Å²) >= 11 is 0. The molecule has 0 bridgehead atoms. The van der Waals surface area contributed by atoms with E-state index in [1.807, 2.05) is 45.0 Å². The van der Waals surface area contributed by atoms with Crippen LogP contribution in [0, 0.1) is 19.8 Å². The largest absolute Gasteiger partial charge is 0.356 e. The minimum atomic E-state index is -3.61. The molecule has 0 fully saturated rings. The molecule has 3 rings (SSSR count). The normalized spacial score (nSPS) is 12.1. The first-order chi connectivity index (χ1) is 13.3. The van der Waals surface area contributed by atoms with Crippen LogP contribution in [0.4, 0.5) is 0 Å². The number of aromatic nitrogens is 1. The first-order valence-corrected chi connectivity index (χ1v) is 10.8. The smallest absolute Gasteiger partial charge is 0.243 e. The van der Waals surface area contributed by atoms with Gasteiger partial charge in [-0.3, -0.25) is 0 Å². The van der Waals surface area contributed by atoms with E-state index in [4.69, 9.17) is 4.52 Å². The molecule has 1 aromatic heterocycles. The maximum Gasteiger partial charge on any atom is 0.243 e. The average molecular weight is 399 g/mol. The standard InChI is InChI=1S/C22H26N2O3S/c1-16(2)14-24(28(25,26)21-8-6-5-7-9-21)15-20-13-22(27-23-20)19-11-10-17(3)18(4)12-19/h5-13,16H,14-15H2,1-4H3. The van der Waals surface area contributed by atoms with Crippen molar-refractivity contribution in [1.82, 2.24) is 9.46 Å². The summed E-state index contributed by atoms with van der Waals surface area (Å²) in [7, 11) is -3.61. The quantitative estimate of drug-likeness (QED) is 0.573. The van der Waals surface area contributed by atoms with Crippen LogP contribution >= 0.6 is 0 Å². The van der Waals surface area contributed by atoms with Crippen molar-refractivity contribution >= 4 is 10.0 Å². The molecule has 6 heteroatoms. The monoisotopic (exact) mass is 398 g/mol. The number of sulfonamides is 1. The van der Waals surface area contributed by atoms with E-state index in [2.05, 4.69) is 12.1 Å². The van der Waals surface area contributed by atoms with Gasteiger partial charge in [-0.05, 0) is 49.1 Å². The molecule has 0 unspecified atom stereocenters. The van der Waals surface area contributed by atoms with E-state index in [0.717, 1.165) is 5.56 Å². The highest BCUT2D eigenvalue weighted by molar-refractivity contribution is 7.89. The van der Waals surface area contributed by atoms with E-state index in [9.17, 15) is 8.42 Å². The van der Waals surface area contributed by atoms with Crippen LogP contribution in [0.2, 0.25) is 0 Å². The summed E-state index contributed by atoms with van der Waals surface area (Å²) in [5, 5.41) is 4.12. The Morgan fingerprint density at radius 2 is 1.71 bits per heavy atom. The molecule has 3 aromatic rings. The van der Waals surface area contributed by atoms with Crippen LogP contribution in [0.25, 0.3) is 11.3 Å². The lowest BCUT2D eigenvalue weighted by atomic mass is 10.0. The van der Waals surface area contributed by atoms with Crippen molar-refractivity contribution in [3.63, 3.8) is 0 Å². The highest BCUT2D eigenvalue weighted by Gasteiger charge is 2.26. The third-order valence-corrected chi connectivity index (χ3v) is 6.46. The zero-order valence-corrected chi connectivity index (χ0v) is 17.5. The first kappa shape index (κ1) is 20.3. The van der Waals surface area contributed by atoms with E-state index >= 15 is 0 Å². The molecule has 0 N–H and O–H groups in total. The predicted octanol–water partition coefficient (Wildman–Crippen LogP) is 4.81. The molecule has 1 heterocycles. The van der Waals surface area contributed by atoms with Crippen LogP contribution in [0.3, 0.4) is 0 Å². The zero-order chi connectivity index (χ0) is 20.3. The Morgan fingerprint density at radius 1 is 1.00 bits per heavy atom. The Hall–Kier alpha value is -2.44. The summed E-state index contributed by atoms with van der Waals surface area (Å²) in [6.45, 7) is 8.68. The Labute approximate surface area is 167 Å². The summed E-state index contributed by atoms with van der Waals surface area (Å²) in [6.07, 6.45) is 0. The van der Waals surface area contributed by atoms with Crippen molar-refractivity contribution in [2.45, 2.75) is 39.1 Å². The van der Waals surface area contributed by atoms with Gasteiger partial charge in [-0.15, -0.1) is 0 Å². The van der Waals surface area contributed by atoms with Crippen LogP contribution < -0.4 is 0 Å². The molecule has 0 amide bonds. The van der Waals surface area contributed by atoms with Crippen molar-refractivity contribution in [2.75, 3.05) is 6.54 Å². The fourth-order valence-corrected chi connectivity index (χ4v) is 4.59. The van der Waals surface area contributed by atoms with Crippen molar-refractivity contribution in [1.29, 1.82) is 0 Å². The lowest BCUT2D eigenvalue weighted by molar-refractivity contribution is 0.345. The Balaban J connectivity index is 1.88. The molecule has 2 aromatic carbocycles. The number of aryl methyl sites for hydroxylation is 2. The highest BCUT2D eigenvalue weighted by Crippen LogP contribution is 2.25. The van der Waals surface area contributed by atoms with Gasteiger partial charge in [-0.1, -0.05) is 49.3 Å². The van der Waals surface area contributed by atoms with Gasteiger partial charge >= 0.3 is 0 Å². The number of nitrogens with zero attached hydrogens (tertiary/aromatic N) is 2. The van der Waals surface area contributed by atoms with Gasteiger partial charge in [0.2, 0.25) is 10.0 Å². The van der Waals surface area contributed by atoms with Gasteiger partial charge in [0.15, 0.2) is 5.76 Å². The maximum atomic E-state index is 13.1. The van der Waals surface area contributed by atoms with Gasteiger partial charge in [-0.25, -0.2) is 8.42 Å². The first-order valence-electron chi connectivity index (χ1n) is 9.36. The minimum absolute atomic E-state index is 0.170. The van der Waals surface area contributed by atoms with Crippen molar-refractivity contribution in [3.05, 3.63) is 71.4 Å². The van der Waals surface area contributed by atoms with Gasteiger partial charge in [0, 0.05) is 18.2 Å². The van der Waals surface area contributed by atoms with Crippen molar-refractivity contribution in [2.24, 2.45) is 5.92 Å². The van der Waals surface area contributed by atoms with Crippen LogP contribution in [0.1, 0.15) is 30.7 Å². The summed E-state index contributed by atoms with van der Waals surface area (Å²) < 4.78 is 33.2. The molecule has 28 heavy (non-hydrogen) atoms. The number of hydrogen-bond donors (Lipinski definition) is 0. The predicted molar refractivity (Wildman–Crippen MR) is 110 cm³/mol. The topological polar surface area (TPSA) is 63.4 Å². The summed E-state index contributed by atoms with van der Waals surface area (Å²) in [5.41, 5.74) is 3.90. The van der Waals surface area contributed by atoms with Crippen LogP contribution in [0.5, 0.6) is 0 Å². The summed E-state index contributed by atoms with van der Waals surface area (Å²) in [5.74, 6) is 0.823. The second-order valence-electron chi connectivity index (χ2n) is 7.49. The van der Waals surface area contributed by atoms with E-state index in [-0.39, 0.29) is 17.4 Å². The highest BCUT2D eigenvalue weighted by atomic mass is 32.2. The average Bonchev–Trinajstić information content (AvgIpc) is 3.12. The number of benzene rings is 2. The molecule has 0 saturated carbocycles. The van der Waals surface area contributed by atoms with E-state index in [1.165, 1.54) is 15.4 Å².